The van der Waals surface area contributed by atoms with Crippen molar-refractivity contribution in [3.63, 3.8) is 0 Å². The Balaban J connectivity index is 1.69. The summed E-state index contributed by atoms with van der Waals surface area (Å²) in [5, 5.41) is 11.1. The van der Waals surface area contributed by atoms with Crippen molar-refractivity contribution in [1.29, 1.82) is 0 Å². The predicted octanol–water partition coefficient (Wildman–Crippen LogP) is 3.29. The van der Waals surface area contributed by atoms with E-state index in [0.717, 1.165) is 31.3 Å². The van der Waals surface area contributed by atoms with Gasteiger partial charge in [-0.15, -0.1) is 0 Å². The summed E-state index contributed by atoms with van der Waals surface area (Å²) in [5.41, 5.74) is 1.82. The van der Waals surface area contributed by atoms with E-state index in [9.17, 15) is 23.3 Å². The average molecular weight is 475 g/mol. The summed E-state index contributed by atoms with van der Waals surface area (Å²) in [7, 11) is -3.90. The van der Waals surface area contributed by atoms with Crippen molar-refractivity contribution in [3.05, 3.63) is 63.7 Å². The van der Waals surface area contributed by atoms with Crippen molar-refractivity contribution in [1.82, 2.24) is 9.21 Å². The van der Waals surface area contributed by atoms with Crippen LogP contribution in [0.5, 0.6) is 0 Å². The Morgan fingerprint density at radius 3 is 2.24 bits per heavy atom. The average Bonchev–Trinajstić information content (AvgIpc) is 2.82. The zero-order valence-corrected chi connectivity index (χ0v) is 20.0. The fraction of sp³-hybridized carbons (Fsp3) is 0.435. The maximum absolute atomic E-state index is 13.1. The van der Waals surface area contributed by atoms with Crippen LogP contribution in [-0.4, -0.2) is 67.7 Å². The Kier molecular flexibility index (Phi) is 7.70. The first-order chi connectivity index (χ1) is 15.7. The molecule has 0 bridgehead atoms. The Morgan fingerprint density at radius 1 is 1.06 bits per heavy atom. The molecule has 0 unspecified atom stereocenters. The Hall–Kier alpha value is -2.98. The molecule has 0 saturated carbocycles. The van der Waals surface area contributed by atoms with Crippen molar-refractivity contribution in [2.75, 3.05) is 44.2 Å². The number of nitrogens with zero attached hydrogens (tertiary/aromatic N) is 4. The molecule has 1 heterocycles. The molecule has 0 spiro atoms. The summed E-state index contributed by atoms with van der Waals surface area (Å²) in [4.78, 5) is 27.2. The first-order valence-electron chi connectivity index (χ1n) is 11.1. The van der Waals surface area contributed by atoms with Gasteiger partial charge in [0.15, 0.2) is 0 Å². The lowest BCUT2D eigenvalue weighted by Gasteiger charge is -2.34. The first kappa shape index (κ1) is 24.7. The van der Waals surface area contributed by atoms with Gasteiger partial charge in [0.25, 0.3) is 11.6 Å². The van der Waals surface area contributed by atoms with Gasteiger partial charge in [0.2, 0.25) is 10.0 Å². The molecule has 0 N–H and O–H groups in total. The monoisotopic (exact) mass is 474 g/mol. The maximum atomic E-state index is 13.1. The molecular formula is C23H30N4O5S. The Labute approximate surface area is 194 Å². The van der Waals surface area contributed by atoms with Crippen LogP contribution in [0, 0.1) is 17.0 Å². The van der Waals surface area contributed by atoms with Crippen LogP contribution in [0.25, 0.3) is 0 Å². The molecule has 9 nitrogen and oxygen atoms in total. The lowest BCUT2D eigenvalue weighted by molar-refractivity contribution is -0.385. The summed E-state index contributed by atoms with van der Waals surface area (Å²) in [6.45, 7) is 8.45. The molecule has 178 valence electrons. The normalized spacial score (nSPS) is 14.8. The molecule has 0 atom stereocenters. The van der Waals surface area contributed by atoms with Gasteiger partial charge in [0.05, 0.1) is 9.82 Å². The van der Waals surface area contributed by atoms with Gasteiger partial charge in [-0.05, 0) is 50.1 Å². The SMILES string of the molecule is CCCN(CC)c1ccc(C(=O)N2CCN(S(=O)(=O)c3cc([N+](=O)[O-])ccc3C)CC2)cc1. The fourth-order valence-corrected chi connectivity index (χ4v) is 5.65. The number of carbonyl (C=O) groups is 1. The number of amides is 1. The van der Waals surface area contributed by atoms with Crippen LogP contribution >= 0.6 is 0 Å². The van der Waals surface area contributed by atoms with Gasteiger partial charge in [-0.25, -0.2) is 8.42 Å². The lowest BCUT2D eigenvalue weighted by Crippen LogP contribution is -2.50. The van der Waals surface area contributed by atoms with Crippen LogP contribution in [0.1, 0.15) is 36.2 Å². The van der Waals surface area contributed by atoms with Crippen LogP contribution in [0.3, 0.4) is 0 Å². The molecule has 1 fully saturated rings. The first-order valence-corrected chi connectivity index (χ1v) is 12.5. The predicted molar refractivity (Wildman–Crippen MR) is 127 cm³/mol. The number of hydrogen-bond acceptors (Lipinski definition) is 6. The zero-order chi connectivity index (χ0) is 24.2. The molecule has 1 aliphatic rings. The highest BCUT2D eigenvalue weighted by molar-refractivity contribution is 7.89. The van der Waals surface area contributed by atoms with E-state index in [1.807, 2.05) is 24.3 Å². The van der Waals surface area contributed by atoms with E-state index >= 15 is 0 Å². The number of hydrogen-bond donors (Lipinski definition) is 0. The van der Waals surface area contributed by atoms with Gasteiger partial charge in [0.1, 0.15) is 0 Å². The van der Waals surface area contributed by atoms with Gasteiger partial charge in [0, 0.05) is 62.7 Å². The topological polar surface area (TPSA) is 104 Å². The lowest BCUT2D eigenvalue weighted by atomic mass is 10.1. The molecule has 33 heavy (non-hydrogen) atoms. The molecular weight excluding hydrogens is 444 g/mol. The fourth-order valence-electron chi connectivity index (χ4n) is 3.99. The third-order valence-corrected chi connectivity index (χ3v) is 7.92. The molecule has 1 aliphatic heterocycles. The van der Waals surface area contributed by atoms with E-state index in [-0.39, 0.29) is 42.7 Å². The van der Waals surface area contributed by atoms with Gasteiger partial charge in [-0.1, -0.05) is 13.0 Å². The van der Waals surface area contributed by atoms with Crippen molar-refractivity contribution < 1.29 is 18.1 Å². The van der Waals surface area contributed by atoms with Crippen LogP contribution in [-0.2, 0) is 10.0 Å². The third-order valence-electron chi connectivity index (χ3n) is 5.88. The summed E-state index contributed by atoms with van der Waals surface area (Å²) < 4.78 is 27.5. The van der Waals surface area contributed by atoms with Crippen LogP contribution < -0.4 is 4.90 Å². The molecule has 1 saturated heterocycles. The van der Waals surface area contributed by atoms with E-state index in [1.54, 1.807) is 11.8 Å². The standard InChI is InChI=1S/C23H30N4O5S/c1-4-12-24(5-2)20-10-7-19(8-11-20)23(28)25-13-15-26(16-14-25)33(31,32)22-17-21(27(29)30)9-6-18(22)3/h6-11,17H,4-5,12-16H2,1-3H3. The van der Waals surface area contributed by atoms with Crippen molar-refractivity contribution in [2.24, 2.45) is 0 Å². The number of carbonyl (C=O) groups excluding carboxylic acids is 1. The smallest absolute Gasteiger partial charge is 0.270 e. The van der Waals surface area contributed by atoms with Crippen molar-refractivity contribution in [3.8, 4) is 0 Å². The largest absolute Gasteiger partial charge is 0.372 e. The van der Waals surface area contributed by atoms with Crippen LogP contribution in [0.4, 0.5) is 11.4 Å². The quantitative estimate of drug-likeness (QED) is 0.430. The molecule has 0 aliphatic carbocycles. The zero-order valence-electron chi connectivity index (χ0n) is 19.2. The second kappa shape index (κ2) is 10.3. The molecule has 1 amide bonds. The minimum absolute atomic E-state index is 0.0698. The molecule has 0 aromatic heterocycles. The van der Waals surface area contributed by atoms with Crippen molar-refractivity contribution >= 4 is 27.3 Å². The van der Waals surface area contributed by atoms with Gasteiger partial charge in [-0.3, -0.25) is 14.9 Å². The molecule has 10 heteroatoms. The summed E-state index contributed by atoms with van der Waals surface area (Å²) in [6, 6.07) is 11.3. The summed E-state index contributed by atoms with van der Waals surface area (Å²) >= 11 is 0. The van der Waals surface area contributed by atoms with E-state index in [2.05, 4.69) is 18.7 Å². The van der Waals surface area contributed by atoms with Gasteiger partial charge in [-0.2, -0.15) is 4.31 Å². The highest BCUT2D eigenvalue weighted by Crippen LogP contribution is 2.26. The van der Waals surface area contributed by atoms with E-state index < -0.39 is 14.9 Å². The minimum Gasteiger partial charge on any atom is -0.372 e. The van der Waals surface area contributed by atoms with Crippen molar-refractivity contribution in [2.45, 2.75) is 32.1 Å². The molecule has 0 radical (unpaired) electrons. The molecule has 3 rings (SSSR count). The molecule has 2 aromatic rings. The number of benzene rings is 2. The maximum Gasteiger partial charge on any atom is 0.270 e. The Morgan fingerprint density at radius 2 is 1.70 bits per heavy atom. The van der Waals surface area contributed by atoms with Gasteiger partial charge < -0.3 is 9.80 Å². The van der Waals surface area contributed by atoms with Crippen LogP contribution in [0.2, 0.25) is 0 Å². The summed E-state index contributed by atoms with van der Waals surface area (Å²) in [5.74, 6) is -0.135. The number of rotatable bonds is 8. The third kappa shape index (κ3) is 5.33. The summed E-state index contributed by atoms with van der Waals surface area (Å²) in [6.07, 6.45) is 1.04. The van der Waals surface area contributed by atoms with Gasteiger partial charge >= 0.3 is 0 Å². The second-order valence-electron chi connectivity index (χ2n) is 8.03. The van der Waals surface area contributed by atoms with E-state index in [4.69, 9.17) is 0 Å². The van der Waals surface area contributed by atoms with E-state index in [1.165, 1.54) is 16.4 Å². The Bertz CT molecular complexity index is 1110. The second-order valence-corrected chi connectivity index (χ2v) is 9.94. The number of nitro benzene ring substituents is 1. The number of sulfonamides is 1. The van der Waals surface area contributed by atoms with E-state index in [0.29, 0.717) is 11.1 Å². The number of non-ortho nitro benzene ring substituents is 1. The number of aryl methyl sites for hydroxylation is 1. The molecule has 2 aromatic carbocycles. The highest BCUT2D eigenvalue weighted by atomic mass is 32.2. The van der Waals surface area contributed by atoms with Crippen LogP contribution in [0.15, 0.2) is 47.4 Å². The number of nitro groups is 1. The highest BCUT2D eigenvalue weighted by Gasteiger charge is 2.32. The number of anilines is 1. The number of piperazine rings is 1. The minimum atomic E-state index is -3.90.